The number of hydrogen-bond acceptors (Lipinski definition) is 4. The van der Waals surface area contributed by atoms with Crippen LogP contribution in [0, 0.1) is 0 Å². The highest BCUT2D eigenvalue weighted by atomic mass is 127. The van der Waals surface area contributed by atoms with Crippen LogP contribution in [0.3, 0.4) is 0 Å². The van der Waals surface area contributed by atoms with Crippen LogP contribution in [-0.4, -0.2) is 37.9 Å². The largest absolute Gasteiger partial charge is 0.497 e. The summed E-state index contributed by atoms with van der Waals surface area (Å²) < 4.78 is 10.2. The molecule has 0 radical (unpaired) electrons. The van der Waals surface area contributed by atoms with E-state index in [1.165, 1.54) is 0 Å². The van der Waals surface area contributed by atoms with Crippen LogP contribution in [0.4, 0.5) is 10.5 Å². The molecule has 1 aromatic rings. The quantitative estimate of drug-likeness (QED) is 0.249. The van der Waals surface area contributed by atoms with Crippen molar-refractivity contribution in [2.45, 2.75) is 39.2 Å². The fourth-order valence-corrected chi connectivity index (χ4v) is 1.80. The zero-order chi connectivity index (χ0) is 18.0. The van der Waals surface area contributed by atoms with Crippen molar-refractivity contribution in [1.82, 2.24) is 5.32 Å². The van der Waals surface area contributed by atoms with E-state index in [0.29, 0.717) is 19.0 Å². The third-order valence-corrected chi connectivity index (χ3v) is 2.90. The van der Waals surface area contributed by atoms with Gasteiger partial charge in [0.2, 0.25) is 0 Å². The molecule has 1 aromatic carbocycles. The van der Waals surface area contributed by atoms with E-state index in [9.17, 15) is 4.79 Å². The molecule has 0 saturated heterocycles. The number of guanidine groups is 1. The number of hydrogen-bond donors (Lipinski definition) is 3. The van der Waals surface area contributed by atoms with Gasteiger partial charge in [-0.2, -0.15) is 0 Å². The lowest BCUT2D eigenvalue weighted by molar-refractivity contribution is 0.0527. The fourth-order valence-electron chi connectivity index (χ4n) is 1.80. The molecule has 7 nitrogen and oxygen atoms in total. The molecule has 0 aliphatic carbocycles. The molecule has 1 amide bonds. The number of rotatable bonds is 7. The standard InChI is InChI=1S/C17H28N4O3.HI/c1-17(2,3)24-16(22)20-12-6-5-11-19-15(18)21-13-7-9-14(23-4)10-8-13;/h7-10H,5-6,11-12H2,1-4H3,(H,20,22)(H3,18,19,21);1H. The van der Waals surface area contributed by atoms with E-state index in [1.807, 2.05) is 45.0 Å². The molecule has 0 fully saturated rings. The number of anilines is 1. The molecule has 8 heteroatoms. The highest BCUT2D eigenvalue weighted by Gasteiger charge is 2.15. The Bertz CT molecular complexity index is 542. The SMILES string of the molecule is COc1ccc(NC(N)=NCCCCNC(=O)OC(C)(C)C)cc1.I. The van der Waals surface area contributed by atoms with Crippen LogP contribution in [0.5, 0.6) is 5.75 Å². The molecule has 0 aliphatic rings. The van der Waals surface area contributed by atoms with Crippen LogP contribution in [0.25, 0.3) is 0 Å². The average molecular weight is 464 g/mol. The first kappa shape index (κ1) is 23.3. The smallest absolute Gasteiger partial charge is 0.407 e. The Morgan fingerprint density at radius 2 is 1.84 bits per heavy atom. The second-order valence-corrected chi connectivity index (χ2v) is 6.26. The van der Waals surface area contributed by atoms with Crippen LogP contribution < -0.4 is 21.1 Å². The Morgan fingerprint density at radius 1 is 1.20 bits per heavy atom. The Hall–Kier alpha value is -1.71. The summed E-state index contributed by atoms with van der Waals surface area (Å²) in [5, 5.41) is 5.72. The number of amides is 1. The van der Waals surface area contributed by atoms with Gasteiger partial charge in [-0.05, 0) is 57.9 Å². The van der Waals surface area contributed by atoms with Gasteiger partial charge in [-0.3, -0.25) is 4.99 Å². The van der Waals surface area contributed by atoms with Gasteiger partial charge in [0.15, 0.2) is 5.96 Å². The summed E-state index contributed by atoms with van der Waals surface area (Å²) in [5.41, 5.74) is 6.20. The third kappa shape index (κ3) is 11.5. The molecule has 0 aromatic heterocycles. The predicted molar refractivity (Wildman–Crippen MR) is 112 cm³/mol. The van der Waals surface area contributed by atoms with Crippen molar-refractivity contribution < 1.29 is 14.3 Å². The lowest BCUT2D eigenvalue weighted by Gasteiger charge is -2.19. The molecule has 25 heavy (non-hydrogen) atoms. The minimum atomic E-state index is -0.476. The molecule has 0 spiro atoms. The number of benzene rings is 1. The molecule has 1 rings (SSSR count). The Morgan fingerprint density at radius 3 is 2.40 bits per heavy atom. The lowest BCUT2D eigenvalue weighted by atomic mass is 10.2. The summed E-state index contributed by atoms with van der Waals surface area (Å²) in [7, 11) is 1.62. The number of methoxy groups -OCH3 is 1. The van der Waals surface area contributed by atoms with Gasteiger partial charge in [-0.25, -0.2) is 4.79 Å². The summed E-state index contributed by atoms with van der Waals surface area (Å²) in [5.74, 6) is 1.15. The van der Waals surface area contributed by atoms with E-state index in [-0.39, 0.29) is 24.0 Å². The molecule has 0 atom stereocenters. The topological polar surface area (TPSA) is 98.0 Å². The predicted octanol–water partition coefficient (Wildman–Crippen LogP) is 3.34. The zero-order valence-electron chi connectivity index (χ0n) is 15.3. The van der Waals surface area contributed by atoms with Crippen molar-refractivity contribution in [2.24, 2.45) is 10.7 Å². The van der Waals surface area contributed by atoms with Crippen LogP contribution in [0.2, 0.25) is 0 Å². The van der Waals surface area contributed by atoms with Gasteiger partial charge >= 0.3 is 6.09 Å². The minimum absolute atomic E-state index is 0. The van der Waals surface area contributed by atoms with Gasteiger partial charge in [0.05, 0.1) is 7.11 Å². The lowest BCUT2D eigenvalue weighted by Crippen LogP contribution is -2.33. The Balaban J connectivity index is 0.00000576. The van der Waals surface area contributed by atoms with E-state index in [0.717, 1.165) is 24.3 Å². The number of unbranched alkanes of at least 4 members (excludes halogenated alkanes) is 1. The molecule has 0 saturated carbocycles. The van der Waals surface area contributed by atoms with Crippen molar-refractivity contribution in [2.75, 3.05) is 25.5 Å². The van der Waals surface area contributed by atoms with Gasteiger partial charge in [0, 0.05) is 18.8 Å². The van der Waals surface area contributed by atoms with Crippen molar-refractivity contribution in [3.05, 3.63) is 24.3 Å². The summed E-state index contributed by atoms with van der Waals surface area (Å²) in [6.45, 7) is 6.64. The molecule has 142 valence electrons. The van der Waals surface area contributed by atoms with Crippen molar-refractivity contribution in [3.8, 4) is 5.75 Å². The van der Waals surface area contributed by atoms with Crippen LogP contribution in [0.1, 0.15) is 33.6 Å². The highest BCUT2D eigenvalue weighted by molar-refractivity contribution is 14.0. The first-order valence-electron chi connectivity index (χ1n) is 7.98. The molecular weight excluding hydrogens is 435 g/mol. The average Bonchev–Trinajstić information content (AvgIpc) is 2.49. The fraction of sp³-hybridized carbons (Fsp3) is 0.529. The third-order valence-electron chi connectivity index (χ3n) is 2.90. The van der Waals surface area contributed by atoms with Gasteiger partial charge in [-0.1, -0.05) is 0 Å². The van der Waals surface area contributed by atoms with Crippen LogP contribution in [-0.2, 0) is 4.74 Å². The maximum atomic E-state index is 11.4. The number of aliphatic imine (C=N–C) groups is 1. The molecule has 0 unspecified atom stereocenters. The van der Waals surface area contributed by atoms with E-state index in [4.69, 9.17) is 15.2 Å². The monoisotopic (exact) mass is 464 g/mol. The molecule has 0 bridgehead atoms. The number of nitrogens with two attached hydrogens (primary N) is 1. The van der Waals surface area contributed by atoms with E-state index < -0.39 is 11.7 Å². The number of alkyl carbamates (subject to hydrolysis) is 1. The Kier molecular flexibility index (Phi) is 11.0. The summed E-state index contributed by atoms with van der Waals surface area (Å²) >= 11 is 0. The second kappa shape index (κ2) is 11.8. The van der Waals surface area contributed by atoms with Crippen LogP contribution in [0.15, 0.2) is 29.3 Å². The minimum Gasteiger partial charge on any atom is -0.497 e. The van der Waals surface area contributed by atoms with E-state index >= 15 is 0 Å². The first-order valence-corrected chi connectivity index (χ1v) is 7.98. The molecular formula is C17H29IN4O3. The highest BCUT2D eigenvalue weighted by Crippen LogP contribution is 2.14. The number of carbonyl (C=O) groups excluding carboxylic acids is 1. The maximum Gasteiger partial charge on any atom is 0.407 e. The molecule has 4 N–H and O–H groups in total. The van der Waals surface area contributed by atoms with Gasteiger partial charge in [0.25, 0.3) is 0 Å². The number of carbonyl (C=O) groups is 1. The molecule has 0 heterocycles. The zero-order valence-corrected chi connectivity index (χ0v) is 17.6. The number of halogens is 1. The normalized spacial score (nSPS) is 11.3. The first-order chi connectivity index (χ1) is 11.3. The molecule has 0 aliphatic heterocycles. The summed E-state index contributed by atoms with van der Waals surface area (Å²) in [4.78, 5) is 15.7. The van der Waals surface area contributed by atoms with Gasteiger partial charge in [-0.15, -0.1) is 24.0 Å². The summed E-state index contributed by atoms with van der Waals surface area (Å²) in [6, 6.07) is 7.42. The van der Waals surface area contributed by atoms with E-state index in [2.05, 4.69) is 15.6 Å². The van der Waals surface area contributed by atoms with Gasteiger partial charge in [0.1, 0.15) is 11.4 Å². The maximum absolute atomic E-state index is 11.4. The van der Waals surface area contributed by atoms with Crippen LogP contribution >= 0.6 is 24.0 Å². The van der Waals surface area contributed by atoms with Crippen molar-refractivity contribution in [3.63, 3.8) is 0 Å². The van der Waals surface area contributed by atoms with Crippen molar-refractivity contribution >= 4 is 41.7 Å². The number of ether oxygens (including phenoxy) is 2. The Labute approximate surface area is 166 Å². The second-order valence-electron chi connectivity index (χ2n) is 6.26. The number of nitrogens with one attached hydrogen (secondary N) is 2. The number of nitrogens with zero attached hydrogens (tertiary/aromatic N) is 1. The van der Waals surface area contributed by atoms with Gasteiger partial charge < -0.3 is 25.8 Å². The van der Waals surface area contributed by atoms with E-state index in [1.54, 1.807) is 7.11 Å². The van der Waals surface area contributed by atoms with Crippen molar-refractivity contribution in [1.29, 1.82) is 0 Å². The summed E-state index contributed by atoms with van der Waals surface area (Å²) in [6.07, 6.45) is 1.23.